The largest absolute Gasteiger partial charge is 0.484 e. The molecular weight excluding hydrogens is 330 g/mol. The van der Waals surface area contributed by atoms with E-state index < -0.39 is 0 Å². The van der Waals surface area contributed by atoms with Crippen LogP contribution in [0, 0.1) is 20.8 Å². The van der Waals surface area contributed by atoms with Crippen LogP contribution in [0.2, 0.25) is 0 Å². The molecule has 0 aliphatic rings. The molecule has 0 aliphatic heterocycles. The maximum atomic E-state index is 11.9. The van der Waals surface area contributed by atoms with Gasteiger partial charge >= 0.3 is 0 Å². The van der Waals surface area contributed by atoms with Gasteiger partial charge in [-0.1, -0.05) is 22.0 Å². The molecule has 0 unspecified atom stereocenters. The van der Waals surface area contributed by atoms with E-state index in [1.165, 1.54) is 5.56 Å². The minimum atomic E-state index is -0.168. The number of carbonyl (C=O) groups is 1. The van der Waals surface area contributed by atoms with E-state index in [4.69, 9.17) is 4.74 Å². The van der Waals surface area contributed by atoms with Crippen LogP contribution >= 0.6 is 15.9 Å². The van der Waals surface area contributed by atoms with E-state index in [9.17, 15) is 4.79 Å². The lowest BCUT2D eigenvalue weighted by Gasteiger charge is -2.10. The van der Waals surface area contributed by atoms with Crippen molar-refractivity contribution in [3.05, 3.63) is 57.6 Å². The Bertz CT molecular complexity index is 668. The first kappa shape index (κ1) is 15.6. The molecule has 2 rings (SSSR count). The molecule has 110 valence electrons. The number of benzene rings is 2. The van der Waals surface area contributed by atoms with E-state index in [0.717, 1.165) is 21.3 Å². The van der Waals surface area contributed by atoms with Crippen LogP contribution in [0.1, 0.15) is 16.7 Å². The van der Waals surface area contributed by atoms with Gasteiger partial charge in [0, 0.05) is 10.2 Å². The molecule has 0 aliphatic carbocycles. The Morgan fingerprint density at radius 2 is 1.81 bits per heavy atom. The second-order valence-corrected chi connectivity index (χ2v) is 5.90. The van der Waals surface area contributed by atoms with Crippen molar-refractivity contribution in [2.24, 2.45) is 0 Å². The zero-order valence-corrected chi connectivity index (χ0v) is 14.0. The summed E-state index contributed by atoms with van der Waals surface area (Å²) in [4.78, 5) is 11.9. The van der Waals surface area contributed by atoms with E-state index >= 15 is 0 Å². The number of amides is 1. The molecule has 21 heavy (non-hydrogen) atoms. The highest BCUT2D eigenvalue weighted by molar-refractivity contribution is 9.10. The lowest BCUT2D eigenvalue weighted by molar-refractivity contribution is -0.118. The Balaban J connectivity index is 1.92. The molecule has 0 heterocycles. The van der Waals surface area contributed by atoms with Crippen molar-refractivity contribution in [1.29, 1.82) is 0 Å². The minimum absolute atomic E-state index is 0.00596. The van der Waals surface area contributed by atoms with Crippen LogP contribution < -0.4 is 10.1 Å². The predicted octanol–water partition coefficient (Wildman–Crippen LogP) is 4.39. The van der Waals surface area contributed by atoms with E-state index in [1.807, 2.05) is 57.2 Å². The van der Waals surface area contributed by atoms with Gasteiger partial charge in [-0.3, -0.25) is 4.79 Å². The smallest absolute Gasteiger partial charge is 0.262 e. The number of nitrogens with one attached hydrogen (secondary N) is 1. The van der Waals surface area contributed by atoms with Gasteiger partial charge in [0.1, 0.15) is 5.75 Å². The molecule has 4 heteroatoms. The standard InChI is InChI=1S/C17H18BrNO2/c1-11-4-5-14(8-12(11)2)19-17(20)10-21-15-6-7-16(18)13(3)9-15/h4-9H,10H2,1-3H3,(H,19,20). The molecule has 0 radical (unpaired) electrons. The maximum Gasteiger partial charge on any atom is 0.262 e. The number of aryl methyl sites for hydroxylation is 3. The van der Waals surface area contributed by atoms with Crippen molar-refractivity contribution in [3.8, 4) is 5.75 Å². The molecule has 3 nitrogen and oxygen atoms in total. The van der Waals surface area contributed by atoms with Crippen molar-refractivity contribution in [2.75, 3.05) is 11.9 Å². The molecule has 1 N–H and O–H groups in total. The van der Waals surface area contributed by atoms with Gasteiger partial charge in [0.15, 0.2) is 6.61 Å². The van der Waals surface area contributed by atoms with Crippen LogP contribution in [-0.2, 0) is 4.79 Å². The molecule has 2 aromatic carbocycles. The Hall–Kier alpha value is -1.81. The molecule has 0 bridgehead atoms. The van der Waals surface area contributed by atoms with Crippen LogP contribution in [0.3, 0.4) is 0 Å². The van der Waals surface area contributed by atoms with Crippen LogP contribution in [0.15, 0.2) is 40.9 Å². The summed E-state index contributed by atoms with van der Waals surface area (Å²) in [7, 11) is 0. The lowest BCUT2D eigenvalue weighted by Crippen LogP contribution is -2.20. The molecule has 0 fully saturated rings. The van der Waals surface area contributed by atoms with Crippen molar-refractivity contribution in [1.82, 2.24) is 0 Å². The molecule has 0 saturated heterocycles. The third kappa shape index (κ3) is 4.33. The fourth-order valence-electron chi connectivity index (χ4n) is 1.87. The summed E-state index contributed by atoms with van der Waals surface area (Å²) in [6, 6.07) is 11.5. The van der Waals surface area contributed by atoms with Gasteiger partial charge in [0.05, 0.1) is 0 Å². The summed E-state index contributed by atoms with van der Waals surface area (Å²) < 4.78 is 6.52. The van der Waals surface area contributed by atoms with Gasteiger partial charge in [-0.2, -0.15) is 0 Å². The van der Waals surface area contributed by atoms with Crippen LogP contribution in [0.5, 0.6) is 5.75 Å². The van der Waals surface area contributed by atoms with Gasteiger partial charge in [-0.15, -0.1) is 0 Å². The molecule has 2 aromatic rings. The van der Waals surface area contributed by atoms with Crippen LogP contribution in [0.4, 0.5) is 5.69 Å². The Labute approximate surface area is 133 Å². The van der Waals surface area contributed by atoms with E-state index in [2.05, 4.69) is 21.2 Å². The highest BCUT2D eigenvalue weighted by Gasteiger charge is 2.05. The normalized spacial score (nSPS) is 10.3. The number of carbonyl (C=O) groups excluding carboxylic acids is 1. The second-order valence-electron chi connectivity index (χ2n) is 5.05. The first-order valence-electron chi connectivity index (χ1n) is 6.72. The number of rotatable bonds is 4. The number of anilines is 1. The average Bonchev–Trinajstić information content (AvgIpc) is 2.44. The summed E-state index contributed by atoms with van der Waals surface area (Å²) >= 11 is 3.43. The number of ether oxygens (including phenoxy) is 1. The number of hydrogen-bond donors (Lipinski definition) is 1. The molecule has 0 saturated carbocycles. The summed E-state index contributed by atoms with van der Waals surface area (Å²) in [5, 5.41) is 2.83. The van der Waals surface area contributed by atoms with E-state index in [0.29, 0.717) is 5.75 Å². The molecule has 0 aromatic heterocycles. The van der Waals surface area contributed by atoms with E-state index in [-0.39, 0.29) is 12.5 Å². The molecule has 0 atom stereocenters. The van der Waals surface area contributed by atoms with Gasteiger partial charge in [-0.25, -0.2) is 0 Å². The Morgan fingerprint density at radius 3 is 2.48 bits per heavy atom. The summed E-state index contributed by atoms with van der Waals surface area (Å²) in [6.07, 6.45) is 0. The van der Waals surface area contributed by atoms with Crippen LogP contribution in [-0.4, -0.2) is 12.5 Å². The highest BCUT2D eigenvalue weighted by atomic mass is 79.9. The van der Waals surface area contributed by atoms with E-state index in [1.54, 1.807) is 0 Å². The summed E-state index contributed by atoms with van der Waals surface area (Å²) in [6.45, 7) is 6.03. The zero-order valence-electron chi connectivity index (χ0n) is 12.4. The fraction of sp³-hybridized carbons (Fsp3) is 0.235. The van der Waals surface area contributed by atoms with Gasteiger partial charge in [0.25, 0.3) is 5.91 Å². The lowest BCUT2D eigenvalue weighted by atomic mass is 10.1. The van der Waals surface area contributed by atoms with Gasteiger partial charge in [0.2, 0.25) is 0 Å². The SMILES string of the molecule is Cc1ccc(NC(=O)COc2ccc(Br)c(C)c2)cc1C. The van der Waals surface area contributed by atoms with Crippen molar-refractivity contribution >= 4 is 27.5 Å². The second kappa shape index (κ2) is 6.76. The summed E-state index contributed by atoms with van der Waals surface area (Å²) in [5.41, 5.74) is 4.22. The predicted molar refractivity (Wildman–Crippen MR) is 88.9 cm³/mol. The summed E-state index contributed by atoms with van der Waals surface area (Å²) in [5.74, 6) is 0.518. The monoisotopic (exact) mass is 347 g/mol. The van der Waals surface area contributed by atoms with Crippen molar-refractivity contribution in [3.63, 3.8) is 0 Å². The third-order valence-electron chi connectivity index (χ3n) is 3.29. The number of halogens is 1. The maximum absolute atomic E-state index is 11.9. The average molecular weight is 348 g/mol. The van der Waals surface area contributed by atoms with Crippen molar-refractivity contribution < 1.29 is 9.53 Å². The molecule has 0 spiro atoms. The third-order valence-corrected chi connectivity index (χ3v) is 4.18. The highest BCUT2D eigenvalue weighted by Crippen LogP contribution is 2.21. The number of hydrogen-bond acceptors (Lipinski definition) is 2. The first-order chi connectivity index (χ1) is 9.95. The quantitative estimate of drug-likeness (QED) is 0.890. The first-order valence-corrected chi connectivity index (χ1v) is 7.51. The topological polar surface area (TPSA) is 38.3 Å². The zero-order chi connectivity index (χ0) is 15.4. The molecule has 1 amide bonds. The minimum Gasteiger partial charge on any atom is -0.484 e. The Morgan fingerprint density at radius 1 is 1.05 bits per heavy atom. The van der Waals surface area contributed by atoms with Crippen molar-refractivity contribution in [2.45, 2.75) is 20.8 Å². The molecular formula is C17H18BrNO2. The van der Waals surface area contributed by atoms with Gasteiger partial charge in [-0.05, 0) is 67.8 Å². The Kier molecular flexibility index (Phi) is 5.02. The van der Waals surface area contributed by atoms with Crippen LogP contribution in [0.25, 0.3) is 0 Å². The fourth-order valence-corrected chi connectivity index (χ4v) is 2.12. The van der Waals surface area contributed by atoms with Gasteiger partial charge < -0.3 is 10.1 Å².